The zero-order valence-corrected chi connectivity index (χ0v) is 13.6. The Balaban J connectivity index is 1.56. The van der Waals surface area contributed by atoms with E-state index < -0.39 is 0 Å². The summed E-state index contributed by atoms with van der Waals surface area (Å²) < 4.78 is 5.08. The fourth-order valence-corrected chi connectivity index (χ4v) is 2.54. The number of nitrogens with one attached hydrogen (secondary N) is 2. The number of anilines is 1. The van der Waals surface area contributed by atoms with Crippen LogP contribution in [0.25, 0.3) is 10.8 Å². The molecule has 0 saturated heterocycles. The Morgan fingerprint density at radius 3 is 2.38 bits per heavy atom. The lowest BCUT2D eigenvalue weighted by Crippen LogP contribution is -2.28. The Morgan fingerprint density at radius 1 is 0.917 bits per heavy atom. The Bertz CT molecular complexity index is 828. The second-order valence-electron chi connectivity index (χ2n) is 5.62. The number of urea groups is 1. The van der Waals surface area contributed by atoms with E-state index in [0.717, 1.165) is 27.6 Å². The molecule has 0 aliphatic heterocycles. The van der Waals surface area contributed by atoms with Crippen LogP contribution < -0.4 is 10.6 Å². The summed E-state index contributed by atoms with van der Waals surface area (Å²) in [6.07, 6.45) is 0. The number of benzene rings is 3. The molecule has 2 amide bonds. The molecule has 3 rings (SSSR count). The van der Waals surface area contributed by atoms with Gasteiger partial charge in [-0.25, -0.2) is 4.79 Å². The van der Waals surface area contributed by atoms with E-state index in [0.29, 0.717) is 13.2 Å². The van der Waals surface area contributed by atoms with Crippen LogP contribution in [0.5, 0.6) is 0 Å². The van der Waals surface area contributed by atoms with Gasteiger partial charge in [0.15, 0.2) is 0 Å². The van der Waals surface area contributed by atoms with Crippen LogP contribution in [-0.2, 0) is 17.9 Å². The summed E-state index contributed by atoms with van der Waals surface area (Å²) in [5.41, 5.74) is 2.94. The summed E-state index contributed by atoms with van der Waals surface area (Å²) in [6, 6.07) is 21.7. The van der Waals surface area contributed by atoms with E-state index in [1.807, 2.05) is 66.7 Å². The third-order valence-corrected chi connectivity index (χ3v) is 3.79. The highest BCUT2D eigenvalue weighted by Gasteiger charge is 2.03. The first-order valence-electron chi connectivity index (χ1n) is 7.85. The maximum absolute atomic E-state index is 12.0. The highest BCUT2D eigenvalue weighted by Crippen LogP contribution is 2.18. The molecule has 0 radical (unpaired) electrons. The zero-order valence-electron chi connectivity index (χ0n) is 13.6. The first-order chi connectivity index (χ1) is 11.7. The number of rotatable bonds is 5. The van der Waals surface area contributed by atoms with Crippen molar-refractivity contribution in [3.05, 3.63) is 77.9 Å². The number of amides is 2. The summed E-state index contributed by atoms with van der Waals surface area (Å²) in [5.74, 6) is 0. The van der Waals surface area contributed by atoms with E-state index in [-0.39, 0.29) is 6.03 Å². The number of hydrogen-bond donors (Lipinski definition) is 2. The standard InChI is InChI=1S/C20H20N2O2/c1-24-14-16-8-6-15(7-9-16)13-21-20(23)22-19-11-10-17-4-2-3-5-18(17)12-19/h2-12H,13-14H2,1H3,(H2,21,22,23). The molecule has 0 spiro atoms. The molecule has 3 aromatic rings. The van der Waals surface area contributed by atoms with Gasteiger partial charge >= 0.3 is 6.03 Å². The average Bonchev–Trinajstić information content (AvgIpc) is 2.61. The van der Waals surface area contributed by atoms with Gasteiger partial charge in [0.2, 0.25) is 0 Å². The van der Waals surface area contributed by atoms with E-state index >= 15 is 0 Å². The van der Waals surface area contributed by atoms with Gasteiger partial charge in [0.1, 0.15) is 0 Å². The van der Waals surface area contributed by atoms with E-state index in [1.165, 1.54) is 0 Å². The molecule has 0 aromatic heterocycles. The number of fused-ring (bicyclic) bond motifs is 1. The van der Waals surface area contributed by atoms with Crippen LogP contribution in [-0.4, -0.2) is 13.1 Å². The first-order valence-corrected chi connectivity index (χ1v) is 7.85. The highest BCUT2D eigenvalue weighted by atomic mass is 16.5. The molecule has 0 atom stereocenters. The lowest BCUT2D eigenvalue weighted by molar-refractivity contribution is 0.185. The monoisotopic (exact) mass is 320 g/mol. The molecule has 0 heterocycles. The Morgan fingerprint density at radius 2 is 1.62 bits per heavy atom. The molecule has 0 bridgehead atoms. The Hall–Kier alpha value is -2.85. The number of carbonyl (C=O) groups excluding carboxylic acids is 1. The SMILES string of the molecule is COCc1ccc(CNC(=O)Nc2ccc3ccccc3c2)cc1. The van der Waals surface area contributed by atoms with Crippen molar-refractivity contribution in [1.29, 1.82) is 0 Å². The molecule has 0 fully saturated rings. The molecule has 4 nitrogen and oxygen atoms in total. The van der Waals surface area contributed by atoms with Crippen LogP contribution in [0, 0.1) is 0 Å². The zero-order chi connectivity index (χ0) is 16.8. The van der Waals surface area contributed by atoms with Crippen molar-refractivity contribution < 1.29 is 9.53 Å². The molecule has 0 aliphatic rings. The van der Waals surface area contributed by atoms with Crippen molar-refractivity contribution in [1.82, 2.24) is 5.32 Å². The van der Waals surface area contributed by atoms with Crippen molar-refractivity contribution in [2.24, 2.45) is 0 Å². The topological polar surface area (TPSA) is 50.4 Å². The van der Waals surface area contributed by atoms with Gasteiger partial charge in [-0.15, -0.1) is 0 Å². The van der Waals surface area contributed by atoms with Gasteiger partial charge in [-0.3, -0.25) is 0 Å². The van der Waals surface area contributed by atoms with Crippen molar-refractivity contribution in [2.45, 2.75) is 13.2 Å². The van der Waals surface area contributed by atoms with Gasteiger partial charge in [-0.1, -0.05) is 54.6 Å². The minimum Gasteiger partial charge on any atom is -0.380 e. The predicted molar refractivity (Wildman–Crippen MR) is 97.0 cm³/mol. The van der Waals surface area contributed by atoms with Crippen LogP contribution >= 0.6 is 0 Å². The second-order valence-corrected chi connectivity index (χ2v) is 5.62. The van der Waals surface area contributed by atoms with Crippen LogP contribution in [0.4, 0.5) is 10.5 Å². The summed E-state index contributed by atoms with van der Waals surface area (Å²) >= 11 is 0. The van der Waals surface area contributed by atoms with Gasteiger partial charge < -0.3 is 15.4 Å². The molecule has 2 N–H and O–H groups in total. The Labute approximate surface area is 141 Å². The van der Waals surface area contributed by atoms with Crippen molar-refractivity contribution >= 4 is 22.5 Å². The summed E-state index contributed by atoms with van der Waals surface area (Å²) in [5, 5.41) is 7.98. The second kappa shape index (κ2) is 7.62. The lowest BCUT2D eigenvalue weighted by atomic mass is 10.1. The lowest BCUT2D eigenvalue weighted by Gasteiger charge is -2.09. The highest BCUT2D eigenvalue weighted by molar-refractivity contribution is 5.93. The van der Waals surface area contributed by atoms with E-state index in [9.17, 15) is 4.79 Å². The average molecular weight is 320 g/mol. The molecular weight excluding hydrogens is 300 g/mol. The summed E-state index contributed by atoms with van der Waals surface area (Å²) in [7, 11) is 1.67. The van der Waals surface area contributed by atoms with Crippen molar-refractivity contribution in [3.63, 3.8) is 0 Å². The Kier molecular flexibility index (Phi) is 5.08. The van der Waals surface area contributed by atoms with Crippen molar-refractivity contribution in [2.75, 3.05) is 12.4 Å². The predicted octanol–water partition coefficient (Wildman–Crippen LogP) is 4.31. The van der Waals surface area contributed by atoms with Gasteiger partial charge in [-0.2, -0.15) is 0 Å². The largest absolute Gasteiger partial charge is 0.380 e. The molecule has 3 aromatic carbocycles. The molecule has 0 aliphatic carbocycles. The number of hydrogen-bond acceptors (Lipinski definition) is 2. The summed E-state index contributed by atoms with van der Waals surface area (Å²) in [4.78, 5) is 12.0. The van der Waals surface area contributed by atoms with E-state index in [1.54, 1.807) is 7.11 Å². The minimum absolute atomic E-state index is 0.216. The van der Waals surface area contributed by atoms with Crippen molar-refractivity contribution in [3.8, 4) is 0 Å². The minimum atomic E-state index is -0.216. The maximum atomic E-state index is 12.0. The van der Waals surface area contributed by atoms with Gasteiger partial charge in [0.25, 0.3) is 0 Å². The first kappa shape index (κ1) is 16.0. The molecular formula is C20H20N2O2. The molecule has 4 heteroatoms. The van der Waals surface area contributed by atoms with Gasteiger partial charge in [0, 0.05) is 19.3 Å². The smallest absolute Gasteiger partial charge is 0.319 e. The summed E-state index contributed by atoms with van der Waals surface area (Å²) in [6.45, 7) is 1.07. The molecule has 0 unspecified atom stereocenters. The van der Waals surface area contributed by atoms with Gasteiger partial charge in [-0.05, 0) is 34.0 Å². The number of ether oxygens (including phenoxy) is 1. The van der Waals surface area contributed by atoms with Gasteiger partial charge in [0.05, 0.1) is 6.61 Å². The quantitative estimate of drug-likeness (QED) is 0.736. The third kappa shape index (κ3) is 4.12. The molecule has 24 heavy (non-hydrogen) atoms. The van der Waals surface area contributed by atoms with E-state index in [4.69, 9.17) is 4.74 Å². The molecule has 0 saturated carbocycles. The van der Waals surface area contributed by atoms with Crippen LogP contribution in [0.1, 0.15) is 11.1 Å². The normalized spacial score (nSPS) is 10.5. The number of methoxy groups -OCH3 is 1. The fraction of sp³-hybridized carbons (Fsp3) is 0.150. The van der Waals surface area contributed by atoms with E-state index in [2.05, 4.69) is 10.6 Å². The number of carbonyl (C=O) groups is 1. The molecule has 122 valence electrons. The van der Waals surface area contributed by atoms with Crippen LogP contribution in [0.15, 0.2) is 66.7 Å². The maximum Gasteiger partial charge on any atom is 0.319 e. The fourth-order valence-electron chi connectivity index (χ4n) is 2.54. The van der Waals surface area contributed by atoms with Crippen LogP contribution in [0.2, 0.25) is 0 Å². The third-order valence-electron chi connectivity index (χ3n) is 3.79. The van der Waals surface area contributed by atoms with Crippen LogP contribution in [0.3, 0.4) is 0 Å².